The Morgan fingerprint density at radius 1 is 1.26 bits per heavy atom. The summed E-state index contributed by atoms with van der Waals surface area (Å²) < 4.78 is 50.0. The molecule has 27 heavy (non-hydrogen) atoms. The third-order valence-electron chi connectivity index (χ3n) is 3.92. The number of halogens is 4. The van der Waals surface area contributed by atoms with E-state index in [0.717, 1.165) is 11.1 Å². The maximum atomic E-state index is 13.4. The molecule has 4 nitrogen and oxygen atoms in total. The summed E-state index contributed by atoms with van der Waals surface area (Å²) >= 11 is 5.75. The first-order chi connectivity index (χ1) is 12.8. The van der Waals surface area contributed by atoms with Gasteiger partial charge in [-0.25, -0.2) is 9.78 Å². The summed E-state index contributed by atoms with van der Waals surface area (Å²) in [6, 6.07) is 8.32. The van der Waals surface area contributed by atoms with Crippen LogP contribution in [0.2, 0.25) is 5.15 Å². The minimum absolute atomic E-state index is 0.0261. The molecule has 0 aliphatic carbocycles. The molecule has 3 rings (SSSR count). The Kier molecular flexibility index (Phi) is 5.41. The quantitative estimate of drug-likeness (QED) is 0.559. The predicted molar refractivity (Wildman–Crippen MR) is 93.6 cm³/mol. The number of pyridine rings is 1. The highest BCUT2D eigenvalue weighted by Crippen LogP contribution is 2.38. The summed E-state index contributed by atoms with van der Waals surface area (Å²) in [5, 5.41) is 0.358. The van der Waals surface area contributed by atoms with E-state index < -0.39 is 23.8 Å². The van der Waals surface area contributed by atoms with E-state index in [1.54, 1.807) is 30.5 Å². The molecule has 0 saturated carbocycles. The molecule has 0 spiro atoms. The Bertz CT molecular complexity index is 879. The lowest BCUT2D eigenvalue weighted by Gasteiger charge is -2.28. The average Bonchev–Trinajstić information content (AvgIpc) is 2.62. The van der Waals surface area contributed by atoms with Gasteiger partial charge in [-0.15, -0.1) is 0 Å². The van der Waals surface area contributed by atoms with Gasteiger partial charge >= 0.3 is 12.1 Å². The van der Waals surface area contributed by atoms with Gasteiger partial charge in [0.2, 0.25) is 6.10 Å². The molecular weight excluding hydrogens is 383 g/mol. The fourth-order valence-electron chi connectivity index (χ4n) is 2.71. The predicted octanol–water partition coefficient (Wildman–Crippen LogP) is 4.60. The number of esters is 1. The van der Waals surface area contributed by atoms with E-state index in [2.05, 4.69) is 4.98 Å². The molecule has 1 aromatic carbocycles. The van der Waals surface area contributed by atoms with Gasteiger partial charge in [0.05, 0.1) is 12.2 Å². The molecule has 0 bridgehead atoms. The van der Waals surface area contributed by atoms with Gasteiger partial charge in [-0.1, -0.05) is 29.8 Å². The molecule has 0 N–H and O–H groups in total. The van der Waals surface area contributed by atoms with Crippen LogP contribution in [0.15, 0.2) is 42.1 Å². The Balaban J connectivity index is 1.92. The van der Waals surface area contributed by atoms with Gasteiger partial charge in [0.15, 0.2) is 0 Å². The monoisotopic (exact) mass is 397 g/mol. The van der Waals surface area contributed by atoms with Crippen molar-refractivity contribution in [3.05, 3.63) is 63.9 Å². The number of ether oxygens (including phenoxy) is 2. The number of hydrogen-bond acceptors (Lipinski definition) is 4. The number of hydrogen-bond donors (Lipinski definition) is 0. The van der Waals surface area contributed by atoms with Crippen LogP contribution >= 0.6 is 11.6 Å². The number of aromatic nitrogens is 1. The number of rotatable bonds is 4. The highest BCUT2D eigenvalue weighted by atomic mass is 35.5. The molecule has 1 aliphatic heterocycles. The summed E-state index contributed by atoms with van der Waals surface area (Å²) in [6.45, 7) is 1.50. The lowest BCUT2D eigenvalue weighted by atomic mass is 9.98. The van der Waals surface area contributed by atoms with E-state index in [0.29, 0.717) is 17.1 Å². The fourth-order valence-corrected chi connectivity index (χ4v) is 2.83. The standard InChI is InChI=1S/C19H15ClF3NO3/c1-2-26-18(25)14-9-13-5-3-11(7-12-4-6-16(20)24-10-12)8-15(13)27-17(14)19(21,22)23/h3-6,8-10,17H,2,7H2,1H3. The summed E-state index contributed by atoms with van der Waals surface area (Å²) in [5.74, 6) is -0.980. The van der Waals surface area contributed by atoms with Crippen LogP contribution < -0.4 is 4.74 Å². The zero-order chi connectivity index (χ0) is 19.6. The summed E-state index contributed by atoms with van der Waals surface area (Å²) in [5.41, 5.74) is 1.42. The number of carbonyl (C=O) groups excluding carboxylic acids is 1. The average molecular weight is 398 g/mol. The maximum absolute atomic E-state index is 13.4. The largest absolute Gasteiger partial charge is 0.475 e. The maximum Gasteiger partial charge on any atom is 0.430 e. The number of nitrogens with zero attached hydrogens (tertiary/aromatic N) is 1. The number of alkyl halides is 3. The van der Waals surface area contributed by atoms with Gasteiger partial charge in [0.1, 0.15) is 10.9 Å². The second-order valence-electron chi connectivity index (χ2n) is 5.90. The van der Waals surface area contributed by atoms with Crippen molar-refractivity contribution in [3.63, 3.8) is 0 Å². The topological polar surface area (TPSA) is 48.4 Å². The molecule has 1 atom stereocenters. The van der Waals surface area contributed by atoms with Crippen molar-refractivity contribution in [2.75, 3.05) is 6.61 Å². The highest BCUT2D eigenvalue weighted by Gasteiger charge is 2.48. The van der Waals surface area contributed by atoms with Gasteiger partial charge in [0.25, 0.3) is 0 Å². The summed E-state index contributed by atoms with van der Waals surface area (Å²) in [6.07, 6.45) is -3.89. The Labute approximate surface area is 158 Å². The fraction of sp³-hybridized carbons (Fsp3) is 0.263. The van der Waals surface area contributed by atoms with Crippen molar-refractivity contribution in [3.8, 4) is 5.75 Å². The zero-order valence-electron chi connectivity index (χ0n) is 14.2. The Morgan fingerprint density at radius 2 is 2.00 bits per heavy atom. The van der Waals surface area contributed by atoms with E-state index in [9.17, 15) is 18.0 Å². The van der Waals surface area contributed by atoms with Gasteiger partial charge < -0.3 is 9.47 Å². The molecule has 1 aliphatic rings. The SMILES string of the molecule is CCOC(=O)C1=Cc2ccc(Cc3ccc(Cl)nc3)cc2OC1C(F)(F)F. The van der Waals surface area contributed by atoms with Crippen LogP contribution in [0.1, 0.15) is 23.6 Å². The van der Waals surface area contributed by atoms with E-state index >= 15 is 0 Å². The van der Waals surface area contributed by atoms with Crippen molar-refractivity contribution in [1.82, 2.24) is 4.98 Å². The van der Waals surface area contributed by atoms with Gasteiger partial charge in [-0.3, -0.25) is 0 Å². The molecule has 2 heterocycles. The van der Waals surface area contributed by atoms with Crippen molar-refractivity contribution in [2.45, 2.75) is 25.6 Å². The number of fused-ring (bicyclic) bond motifs is 1. The number of benzene rings is 1. The van der Waals surface area contributed by atoms with Crippen molar-refractivity contribution >= 4 is 23.6 Å². The third kappa shape index (κ3) is 4.42. The van der Waals surface area contributed by atoms with Crippen LogP contribution in [0.3, 0.4) is 0 Å². The van der Waals surface area contributed by atoms with Crippen molar-refractivity contribution in [2.24, 2.45) is 0 Å². The van der Waals surface area contributed by atoms with Crippen molar-refractivity contribution < 1.29 is 27.4 Å². The third-order valence-corrected chi connectivity index (χ3v) is 4.15. The Morgan fingerprint density at radius 3 is 2.63 bits per heavy atom. The van der Waals surface area contributed by atoms with E-state index in [4.69, 9.17) is 21.1 Å². The summed E-state index contributed by atoms with van der Waals surface area (Å²) in [7, 11) is 0. The smallest absolute Gasteiger partial charge is 0.430 e. The van der Waals surface area contributed by atoms with Crippen molar-refractivity contribution in [1.29, 1.82) is 0 Å². The lowest BCUT2D eigenvalue weighted by Crippen LogP contribution is -2.40. The first kappa shape index (κ1) is 19.2. The van der Waals surface area contributed by atoms with E-state index in [1.807, 2.05) is 0 Å². The molecule has 0 fully saturated rings. The van der Waals surface area contributed by atoms with E-state index in [-0.39, 0.29) is 12.4 Å². The first-order valence-corrected chi connectivity index (χ1v) is 8.51. The molecule has 8 heteroatoms. The van der Waals surface area contributed by atoms with Crippen LogP contribution in [0.4, 0.5) is 13.2 Å². The normalized spacial score (nSPS) is 16.2. The second-order valence-corrected chi connectivity index (χ2v) is 6.29. The second kappa shape index (κ2) is 7.60. The van der Waals surface area contributed by atoms with Crippen LogP contribution in [-0.4, -0.2) is 29.8 Å². The van der Waals surface area contributed by atoms with E-state index in [1.165, 1.54) is 19.1 Å². The molecule has 142 valence electrons. The van der Waals surface area contributed by atoms with Crippen LogP contribution in [0.25, 0.3) is 6.08 Å². The molecule has 0 amide bonds. The van der Waals surface area contributed by atoms with Gasteiger partial charge in [-0.2, -0.15) is 13.2 Å². The highest BCUT2D eigenvalue weighted by molar-refractivity contribution is 6.29. The molecular formula is C19H15ClF3NO3. The summed E-state index contributed by atoms with van der Waals surface area (Å²) in [4.78, 5) is 15.9. The van der Waals surface area contributed by atoms with Gasteiger partial charge in [0, 0.05) is 11.8 Å². The zero-order valence-corrected chi connectivity index (χ0v) is 15.0. The van der Waals surface area contributed by atoms with Crippen LogP contribution in [0.5, 0.6) is 5.75 Å². The molecule has 1 unspecified atom stereocenters. The number of carbonyl (C=O) groups is 1. The van der Waals surface area contributed by atoms with Crippen LogP contribution in [-0.2, 0) is 16.0 Å². The van der Waals surface area contributed by atoms with Gasteiger partial charge in [-0.05, 0) is 42.7 Å². The lowest BCUT2D eigenvalue weighted by molar-refractivity contribution is -0.187. The first-order valence-electron chi connectivity index (χ1n) is 8.13. The molecule has 2 aromatic rings. The molecule has 0 saturated heterocycles. The molecule has 0 radical (unpaired) electrons. The molecule has 1 aromatic heterocycles. The Hall–Kier alpha value is -2.54. The van der Waals surface area contributed by atoms with Crippen LogP contribution in [0, 0.1) is 0 Å². The minimum atomic E-state index is -4.74. The minimum Gasteiger partial charge on any atom is -0.475 e.